The molecule has 0 aliphatic carbocycles. The average Bonchev–Trinajstić information content (AvgIpc) is 2.70. The van der Waals surface area contributed by atoms with E-state index in [0.717, 1.165) is 12.1 Å². The molecule has 0 spiro atoms. The van der Waals surface area contributed by atoms with Crippen molar-refractivity contribution in [3.63, 3.8) is 0 Å². The van der Waals surface area contributed by atoms with Crippen molar-refractivity contribution in [3.8, 4) is 11.5 Å². The summed E-state index contributed by atoms with van der Waals surface area (Å²) in [6.45, 7) is 3.33. The highest BCUT2D eigenvalue weighted by Crippen LogP contribution is 2.34. The SMILES string of the molecule is COc1cc(CNCc2ccc(C)cc2)c(Cl)cc1OCc1c(F)cccc1Cl. The molecule has 0 saturated carbocycles. The van der Waals surface area contributed by atoms with Gasteiger partial charge in [0.15, 0.2) is 11.5 Å². The fourth-order valence-electron chi connectivity index (χ4n) is 2.85. The Kier molecular flexibility index (Phi) is 7.37. The molecule has 0 aliphatic rings. The molecule has 0 bridgehead atoms. The molecule has 0 unspecified atom stereocenters. The zero-order valence-corrected chi connectivity index (χ0v) is 17.8. The number of halogens is 3. The number of hydrogen-bond acceptors (Lipinski definition) is 3. The van der Waals surface area contributed by atoms with Crippen molar-refractivity contribution < 1.29 is 13.9 Å². The smallest absolute Gasteiger partial charge is 0.163 e. The molecular formula is C23H22Cl2FNO2. The van der Waals surface area contributed by atoms with E-state index >= 15 is 0 Å². The highest BCUT2D eigenvalue weighted by molar-refractivity contribution is 6.31. The lowest BCUT2D eigenvalue weighted by molar-refractivity contribution is 0.279. The Morgan fingerprint density at radius 2 is 1.69 bits per heavy atom. The number of benzene rings is 3. The Morgan fingerprint density at radius 3 is 2.38 bits per heavy atom. The number of ether oxygens (including phenoxy) is 2. The van der Waals surface area contributed by atoms with E-state index in [2.05, 4.69) is 36.5 Å². The van der Waals surface area contributed by atoms with Gasteiger partial charge in [0.05, 0.1) is 12.1 Å². The number of hydrogen-bond donors (Lipinski definition) is 1. The Balaban J connectivity index is 1.67. The van der Waals surface area contributed by atoms with Crippen LogP contribution in [-0.4, -0.2) is 7.11 Å². The minimum absolute atomic E-state index is 0.0246. The van der Waals surface area contributed by atoms with E-state index < -0.39 is 5.82 Å². The van der Waals surface area contributed by atoms with Crippen LogP contribution < -0.4 is 14.8 Å². The first-order valence-electron chi connectivity index (χ1n) is 9.16. The minimum Gasteiger partial charge on any atom is -0.493 e. The lowest BCUT2D eigenvalue weighted by Gasteiger charge is -2.15. The van der Waals surface area contributed by atoms with E-state index in [1.54, 1.807) is 25.3 Å². The van der Waals surface area contributed by atoms with Crippen molar-refractivity contribution in [3.05, 3.63) is 92.7 Å². The maximum absolute atomic E-state index is 14.0. The number of aryl methyl sites for hydroxylation is 1. The van der Waals surface area contributed by atoms with Crippen molar-refractivity contribution in [1.29, 1.82) is 0 Å². The first-order chi connectivity index (χ1) is 14.0. The maximum Gasteiger partial charge on any atom is 0.163 e. The third-order valence-corrected chi connectivity index (χ3v) is 5.24. The molecule has 0 radical (unpaired) electrons. The highest BCUT2D eigenvalue weighted by Gasteiger charge is 2.13. The van der Waals surface area contributed by atoms with Gasteiger partial charge in [0.25, 0.3) is 0 Å². The molecule has 3 rings (SSSR count). The second kappa shape index (κ2) is 9.97. The lowest BCUT2D eigenvalue weighted by Crippen LogP contribution is -2.13. The number of methoxy groups -OCH3 is 1. The standard InChI is InChI=1S/C23H22Cl2FNO2/c1-15-6-8-16(9-7-15)12-27-13-17-10-22(28-2)23(11-20(17)25)29-14-18-19(24)4-3-5-21(18)26/h3-11,27H,12-14H2,1-2H3. The first kappa shape index (κ1) is 21.4. The van der Waals surface area contributed by atoms with E-state index in [9.17, 15) is 4.39 Å². The van der Waals surface area contributed by atoms with Crippen LogP contribution in [0.2, 0.25) is 10.0 Å². The van der Waals surface area contributed by atoms with Gasteiger partial charge in [-0.25, -0.2) is 4.39 Å². The van der Waals surface area contributed by atoms with E-state index in [1.165, 1.54) is 17.2 Å². The molecular weight excluding hydrogens is 412 g/mol. The molecule has 0 fully saturated rings. The van der Waals surface area contributed by atoms with E-state index in [0.29, 0.717) is 28.1 Å². The maximum atomic E-state index is 14.0. The zero-order chi connectivity index (χ0) is 20.8. The average molecular weight is 434 g/mol. The van der Waals surface area contributed by atoms with Gasteiger partial charge < -0.3 is 14.8 Å². The second-order valence-corrected chi connectivity index (χ2v) is 7.49. The van der Waals surface area contributed by atoms with Crippen LogP contribution in [0, 0.1) is 12.7 Å². The Morgan fingerprint density at radius 1 is 0.931 bits per heavy atom. The van der Waals surface area contributed by atoms with Gasteiger partial charge >= 0.3 is 0 Å². The quantitative estimate of drug-likeness (QED) is 0.450. The normalized spacial score (nSPS) is 10.8. The summed E-state index contributed by atoms with van der Waals surface area (Å²) in [4.78, 5) is 0. The Hall–Kier alpha value is -2.27. The fraction of sp³-hybridized carbons (Fsp3) is 0.217. The van der Waals surface area contributed by atoms with E-state index in [-0.39, 0.29) is 12.2 Å². The first-order valence-corrected chi connectivity index (χ1v) is 9.92. The van der Waals surface area contributed by atoms with Crippen molar-refractivity contribution in [2.75, 3.05) is 7.11 Å². The van der Waals surface area contributed by atoms with E-state index in [4.69, 9.17) is 32.7 Å². The van der Waals surface area contributed by atoms with Crippen LogP contribution in [0.15, 0.2) is 54.6 Å². The monoisotopic (exact) mass is 433 g/mol. The molecule has 3 nitrogen and oxygen atoms in total. The molecule has 0 saturated heterocycles. The zero-order valence-electron chi connectivity index (χ0n) is 16.3. The summed E-state index contributed by atoms with van der Waals surface area (Å²) in [7, 11) is 1.55. The summed E-state index contributed by atoms with van der Waals surface area (Å²) in [6, 6.07) is 16.4. The molecule has 6 heteroatoms. The minimum atomic E-state index is -0.417. The Labute approximate surface area is 180 Å². The van der Waals surface area contributed by atoms with Crippen LogP contribution in [-0.2, 0) is 19.7 Å². The molecule has 0 heterocycles. The van der Waals surface area contributed by atoms with Crippen LogP contribution in [0.3, 0.4) is 0 Å². The highest BCUT2D eigenvalue weighted by atomic mass is 35.5. The molecule has 3 aromatic rings. The van der Waals surface area contributed by atoms with Gasteiger partial charge in [0.2, 0.25) is 0 Å². The van der Waals surface area contributed by atoms with E-state index in [1.807, 2.05) is 6.07 Å². The lowest BCUT2D eigenvalue weighted by atomic mass is 10.1. The molecule has 0 amide bonds. The molecule has 0 atom stereocenters. The molecule has 0 aliphatic heterocycles. The van der Waals surface area contributed by atoms with Crippen LogP contribution in [0.5, 0.6) is 11.5 Å². The summed E-state index contributed by atoms with van der Waals surface area (Å²) in [5.74, 6) is 0.535. The third-order valence-electron chi connectivity index (χ3n) is 4.53. The topological polar surface area (TPSA) is 30.5 Å². The van der Waals surface area contributed by atoms with Crippen molar-refractivity contribution in [1.82, 2.24) is 5.32 Å². The number of nitrogens with one attached hydrogen (secondary N) is 1. The molecule has 0 aromatic heterocycles. The largest absolute Gasteiger partial charge is 0.493 e. The Bertz CT molecular complexity index is 957. The molecule has 3 aromatic carbocycles. The van der Waals surface area contributed by atoms with Crippen molar-refractivity contribution in [2.45, 2.75) is 26.6 Å². The second-order valence-electron chi connectivity index (χ2n) is 6.67. The number of rotatable bonds is 8. The van der Waals surface area contributed by atoms with Crippen LogP contribution in [0.4, 0.5) is 4.39 Å². The van der Waals surface area contributed by atoms with Crippen LogP contribution >= 0.6 is 23.2 Å². The van der Waals surface area contributed by atoms with Crippen molar-refractivity contribution in [2.24, 2.45) is 0 Å². The van der Waals surface area contributed by atoms with Crippen molar-refractivity contribution >= 4 is 23.2 Å². The van der Waals surface area contributed by atoms with Gasteiger partial charge in [-0.2, -0.15) is 0 Å². The molecule has 152 valence electrons. The predicted octanol–water partition coefficient (Wildman–Crippen LogP) is 6.32. The predicted molar refractivity (Wildman–Crippen MR) is 115 cm³/mol. The summed E-state index contributed by atoms with van der Waals surface area (Å²) >= 11 is 12.5. The van der Waals surface area contributed by atoms with Gasteiger partial charge in [-0.1, -0.05) is 59.1 Å². The molecule has 29 heavy (non-hydrogen) atoms. The van der Waals surface area contributed by atoms with Crippen LogP contribution in [0.1, 0.15) is 22.3 Å². The van der Waals surface area contributed by atoms with Gasteiger partial charge in [-0.3, -0.25) is 0 Å². The third kappa shape index (κ3) is 5.63. The summed E-state index contributed by atoms with van der Waals surface area (Å²) in [5, 5.41) is 4.22. The van der Waals surface area contributed by atoms with Gasteiger partial charge in [-0.05, 0) is 36.2 Å². The van der Waals surface area contributed by atoms with Gasteiger partial charge in [0, 0.05) is 29.7 Å². The van der Waals surface area contributed by atoms with Gasteiger partial charge in [0.1, 0.15) is 12.4 Å². The summed E-state index contributed by atoms with van der Waals surface area (Å²) in [5.41, 5.74) is 3.59. The summed E-state index contributed by atoms with van der Waals surface area (Å²) < 4.78 is 25.1. The summed E-state index contributed by atoms with van der Waals surface area (Å²) in [6.07, 6.45) is 0. The van der Waals surface area contributed by atoms with Crippen LogP contribution in [0.25, 0.3) is 0 Å². The van der Waals surface area contributed by atoms with Gasteiger partial charge in [-0.15, -0.1) is 0 Å². The molecule has 1 N–H and O–H groups in total. The fourth-order valence-corrected chi connectivity index (χ4v) is 3.29.